The van der Waals surface area contributed by atoms with E-state index in [2.05, 4.69) is 48.2 Å². The SMILES string of the molecule is Cc1cc2c(n1-c1ccsc1)CC(C)(C)CC2N. The molecule has 2 aromatic rings. The molecule has 1 aliphatic rings. The lowest BCUT2D eigenvalue weighted by Gasteiger charge is -2.34. The fourth-order valence-corrected chi connectivity index (χ4v) is 3.81. The molecule has 0 radical (unpaired) electrons. The van der Waals surface area contributed by atoms with E-state index in [1.54, 1.807) is 11.3 Å². The van der Waals surface area contributed by atoms with E-state index in [1.807, 2.05) is 0 Å². The van der Waals surface area contributed by atoms with Crippen molar-refractivity contribution < 1.29 is 0 Å². The van der Waals surface area contributed by atoms with Crippen molar-refractivity contribution >= 4 is 11.3 Å². The van der Waals surface area contributed by atoms with Gasteiger partial charge in [-0.1, -0.05) is 13.8 Å². The molecule has 0 saturated carbocycles. The molecule has 2 aromatic heterocycles. The molecule has 0 spiro atoms. The molecule has 2 N–H and O–H groups in total. The van der Waals surface area contributed by atoms with E-state index >= 15 is 0 Å². The number of aromatic nitrogens is 1. The van der Waals surface area contributed by atoms with E-state index in [4.69, 9.17) is 5.73 Å². The molecule has 0 fully saturated rings. The minimum atomic E-state index is 0.183. The maximum absolute atomic E-state index is 6.35. The van der Waals surface area contributed by atoms with Crippen molar-refractivity contribution in [1.29, 1.82) is 0 Å². The number of nitrogens with zero attached hydrogens (tertiary/aromatic N) is 1. The number of hydrogen-bond donors (Lipinski definition) is 1. The van der Waals surface area contributed by atoms with Crippen LogP contribution in [0.2, 0.25) is 0 Å². The molecule has 0 bridgehead atoms. The summed E-state index contributed by atoms with van der Waals surface area (Å²) in [7, 11) is 0. The first kappa shape index (κ1) is 12.0. The smallest absolute Gasteiger partial charge is 0.0562 e. The van der Waals surface area contributed by atoms with Crippen LogP contribution in [0.1, 0.15) is 43.3 Å². The van der Waals surface area contributed by atoms with Gasteiger partial charge in [0.1, 0.15) is 0 Å². The summed E-state index contributed by atoms with van der Waals surface area (Å²) in [5, 5.41) is 4.34. The Hall–Kier alpha value is -1.06. The number of nitrogens with two attached hydrogens (primary N) is 1. The highest BCUT2D eigenvalue weighted by molar-refractivity contribution is 7.08. The quantitative estimate of drug-likeness (QED) is 0.830. The second-order valence-electron chi connectivity index (χ2n) is 6.16. The van der Waals surface area contributed by atoms with E-state index in [0.29, 0.717) is 5.41 Å². The summed E-state index contributed by atoms with van der Waals surface area (Å²) in [6, 6.07) is 4.64. The van der Waals surface area contributed by atoms with Crippen molar-refractivity contribution in [2.24, 2.45) is 11.1 Å². The van der Waals surface area contributed by atoms with Gasteiger partial charge in [-0.05, 0) is 48.3 Å². The second kappa shape index (κ2) is 3.97. The van der Waals surface area contributed by atoms with Crippen molar-refractivity contribution in [3.05, 3.63) is 39.8 Å². The maximum atomic E-state index is 6.35. The first-order valence-electron chi connectivity index (χ1n) is 6.47. The van der Waals surface area contributed by atoms with E-state index < -0.39 is 0 Å². The lowest BCUT2D eigenvalue weighted by molar-refractivity contribution is 0.278. The Labute approximate surface area is 112 Å². The van der Waals surface area contributed by atoms with E-state index in [0.717, 1.165) is 12.8 Å². The van der Waals surface area contributed by atoms with Gasteiger partial charge in [-0.25, -0.2) is 0 Å². The zero-order valence-electron chi connectivity index (χ0n) is 11.2. The van der Waals surface area contributed by atoms with Crippen LogP contribution in [0.4, 0.5) is 0 Å². The van der Waals surface area contributed by atoms with Crippen LogP contribution in [-0.4, -0.2) is 4.57 Å². The van der Waals surface area contributed by atoms with Crippen LogP contribution in [-0.2, 0) is 6.42 Å². The van der Waals surface area contributed by atoms with Gasteiger partial charge >= 0.3 is 0 Å². The Morgan fingerprint density at radius 2 is 2.22 bits per heavy atom. The average Bonchev–Trinajstić information content (AvgIpc) is 2.83. The van der Waals surface area contributed by atoms with Crippen LogP contribution >= 0.6 is 11.3 Å². The second-order valence-corrected chi connectivity index (χ2v) is 6.94. The minimum Gasteiger partial charge on any atom is -0.324 e. The molecule has 2 nitrogen and oxygen atoms in total. The maximum Gasteiger partial charge on any atom is 0.0562 e. The molecule has 1 atom stereocenters. The Morgan fingerprint density at radius 3 is 2.89 bits per heavy atom. The van der Waals surface area contributed by atoms with Gasteiger partial charge in [0, 0.05) is 22.8 Å². The Morgan fingerprint density at radius 1 is 1.44 bits per heavy atom. The number of aryl methyl sites for hydroxylation is 1. The molecule has 3 heteroatoms. The van der Waals surface area contributed by atoms with Crippen molar-refractivity contribution in [2.45, 2.75) is 39.7 Å². The third kappa shape index (κ3) is 1.82. The highest BCUT2D eigenvalue weighted by Crippen LogP contribution is 2.41. The predicted octanol–water partition coefficient (Wildman–Crippen LogP) is 3.82. The largest absolute Gasteiger partial charge is 0.324 e. The zero-order valence-corrected chi connectivity index (χ0v) is 12.1. The van der Waals surface area contributed by atoms with Gasteiger partial charge in [0.15, 0.2) is 0 Å². The molecule has 2 heterocycles. The van der Waals surface area contributed by atoms with Gasteiger partial charge < -0.3 is 10.3 Å². The highest BCUT2D eigenvalue weighted by Gasteiger charge is 2.33. The van der Waals surface area contributed by atoms with Gasteiger partial charge in [0.2, 0.25) is 0 Å². The van der Waals surface area contributed by atoms with Gasteiger partial charge in [0.05, 0.1) is 5.69 Å². The molecular weight excluding hydrogens is 240 g/mol. The van der Waals surface area contributed by atoms with E-state index in [9.17, 15) is 0 Å². The summed E-state index contributed by atoms with van der Waals surface area (Å²) in [5.41, 5.74) is 12.0. The zero-order chi connectivity index (χ0) is 12.9. The van der Waals surface area contributed by atoms with Gasteiger partial charge in [0.25, 0.3) is 0 Å². The van der Waals surface area contributed by atoms with Crippen LogP contribution in [0.5, 0.6) is 0 Å². The number of rotatable bonds is 1. The molecule has 18 heavy (non-hydrogen) atoms. The molecule has 0 amide bonds. The van der Waals surface area contributed by atoms with Gasteiger partial charge in [-0.2, -0.15) is 11.3 Å². The monoisotopic (exact) mass is 260 g/mol. The Kier molecular flexibility index (Phi) is 2.65. The summed E-state index contributed by atoms with van der Waals surface area (Å²) >= 11 is 1.75. The van der Waals surface area contributed by atoms with Crippen LogP contribution in [0.15, 0.2) is 22.9 Å². The molecule has 0 aromatic carbocycles. The third-order valence-electron chi connectivity index (χ3n) is 3.90. The normalized spacial score (nSPS) is 21.9. The predicted molar refractivity (Wildman–Crippen MR) is 77.4 cm³/mol. The summed E-state index contributed by atoms with van der Waals surface area (Å²) in [4.78, 5) is 0. The Balaban J connectivity index is 2.18. The lowest BCUT2D eigenvalue weighted by Crippen LogP contribution is -2.30. The molecular formula is C15H20N2S. The van der Waals surface area contributed by atoms with Crippen molar-refractivity contribution in [1.82, 2.24) is 4.57 Å². The molecule has 0 saturated heterocycles. The lowest BCUT2D eigenvalue weighted by atomic mass is 9.74. The number of fused-ring (bicyclic) bond motifs is 1. The average molecular weight is 260 g/mol. The topological polar surface area (TPSA) is 30.9 Å². The third-order valence-corrected chi connectivity index (χ3v) is 4.57. The minimum absolute atomic E-state index is 0.183. The van der Waals surface area contributed by atoms with Gasteiger partial charge in [-0.15, -0.1) is 0 Å². The Bertz CT molecular complexity index is 564. The highest BCUT2D eigenvalue weighted by atomic mass is 32.1. The fraction of sp³-hybridized carbons (Fsp3) is 0.467. The van der Waals surface area contributed by atoms with Crippen molar-refractivity contribution in [3.8, 4) is 5.69 Å². The molecule has 3 rings (SSSR count). The molecule has 1 unspecified atom stereocenters. The molecule has 0 aliphatic heterocycles. The van der Waals surface area contributed by atoms with E-state index in [-0.39, 0.29) is 6.04 Å². The number of thiophene rings is 1. The fourth-order valence-electron chi connectivity index (χ4n) is 3.19. The standard InChI is InChI=1S/C15H20N2S/c1-10-6-12-13(16)7-15(2,3)8-14(12)17(10)11-4-5-18-9-11/h4-6,9,13H,7-8,16H2,1-3H3. The summed E-state index contributed by atoms with van der Waals surface area (Å²) in [6.45, 7) is 6.81. The first-order valence-corrected chi connectivity index (χ1v) is 7.41. The van der Waals surface area contributed by atoms with Crippen LogP contribution in [0, 0.1) is 12.3 Å². The van der Waals surface area contributed by atoms with Crippen molar-refractivity contribution in [2.75, 3.05) is 0 Å². The molecule has 96 valence electrons. The molecule has 1 aliphatic carbocycles. The van der Waals surface area contributed by atoms with Gasteiger partial charge in [-0.3, -0.25) is 0 Å². The van der Waals surface area contributed by atoms with Crippen LogP contribution in [0.25, 0.3) is 5.69 Å². The summed E-state index contributed by atoms with van der Waals surface area (Å²) in [5.74, 6) is 0. The first-order chi connectivity index (χ1) is 8.48. The summed E-state index contributed by atoms with van der Waals surface area (Å²) in [6.07, 6.45) is 2.19. The van der Waals surface area contributed by atoms with Crippen molar-refractivity contribution in [3.63, 3.8) is 0 Å². The number of hydrogen-bond acceptors (Lipinski definition) is 2. The van der Waals surface area contributed by atoms with E-state index in [1.165, 1.54) is 22.6 Å². The van der Waals surface area contributed by atoms with Crippen LogP contribution < -0.4 is 5.73 Å². The summed E-state index contributed by atoms with van der Waals surface area (Å²) < 4.78 is 2.38. The van der Waals surface area contributed by atoms with Crippen LogP contribution in [0.3, 0.4) is 0 Å².